The molecule has 23 heavy (non-hydrogen) atoms. The van der Waals surface area contributed by atoms with Gasteiger partial charge >= 0.3 is 6.18 Å². The van der Waals surface area contributed by atoms with Crippen molar-refractivity contribution < 1.29 is 18.3 Å². The van der Waals surface area contributed by atoms with Gasteiger partial charge in [0.1, 0.15) is 11.5 Å². The van der Waals surface area contributed by atoms with Crippen LogP contribution in [0.3, 0.4) is 0 Å². The molecule has 1 fully saturated rings. The van der Waals surface area contributed by atoms with Gasteiger partial charge in [-0.2, -0.15) is 13.2 Å². The van der Waals surface area contributed by atoms with Crippen LogP contribution < -0.4 is 4.90 Å². The highest BCUT2D eigenvalue weighted by molar-refractivity contribution is 5.48. The molecular weight excluding hydrogens is 311 g/mol. The van der Waals surface area contributed by atoms with Gasteiger partial charge in [-0.25, -0.2) is 9.67 Å². The first-order valence-electron chi connectivity index (χ1n) is 7.28. The van der Waals surface area contributed by atoms with E-state index in [0.717, 1.165) is 18.9 Å². The number of aliphatic hydroxyl groups is 1. The Kier molecular flexibility index (Phi) is 4.20. The zero-order valence-corrected chi connectivity index (χ0v) is 12.2. The molecular formula is C14H16F3N5O. The third kappa shape index (κ3) is 3.29. The third-order valence-corrected chi connectivity index (χ3v) is 3.88. The molecule has 3 rings (SSSR count). The van der Waals surface area contributed by atoms with Crippen molar-refractivity contribution in [1.82, 2.24) is 20.0 Å². The largest absolute Gasteiger partial charge is 0.419 e. The van der Waals surface area contributed by atoms with Crippen molar-refractivity contribution in [3.63, 3.8) is 0 Å². The normalized spacial score (nSPS) is 19.1. The van der Waals surface area contributed by atoms with E-state index in [1.54, 1.807) is 15.8 Å². The fourth-order valence-electron chi connectivity index (χ4n) is 2.80. The van der Waals surface area contributed by atoms with E-state index in [1.807, 2.05) is 0 Å². The van der Waals surface area contributed by atoms with Crippen LogP contribution in [0.2, 0.25) is 0 Å². The number of aliphatic hydroxyl groups excluding tert-OH is 1. The van der Waals surface area contributed by atoms with E-state index < -0.39 is 11.7 Å². The summed E-state index contributed by atoms with van der Waals surface area (Å²) >= 11 is 0. The number of hydrogen-bond acceptors (Lipinski definition) is 5. The molecule has 1 unspecified atom stereocenters. The summed E-state index contributed by atoms with van der Waals surface area (Å²) in [5.74, 6) is -0.0489. The SMILES string of the molecule is OCc1cn(C2CCCN(c3ncccc3C(F)(F)F)C2)nn1. The van der Waals surface area contributed by atoms with E-state index in [-0.39, 0.29) is 18.5 Å². The summed E-state index contributed by atoms with van der Waals surface area (Å²) in [5, 5.41) is 16.8. The lowest BCUT2D eigenvalue weighted by Gasteiger charge is -2.34. The maximum atomic E-state index is 13.2. The van der Waals surface area contributed by atoms with Gasteiger partial charge in [0.15, 0.2) is 0 Å². The second kappa shape index (κ2) is 6.15. The fourth-order valence-corrected chi connectivity index (χ4v) is 2.80. The molecule has 0 radical (unpaired) electrons. The molecule has 6 nitrogen and oxygen atoms in total. The number of alkyl halides is 3. The van der Waals surface area contributed by atoms with Crippen molar-refractivity contribution in [3.8, 4) is 0 Å². The van der Waals surface area contributed by atoms with Crippen molar-refractivity contribution in [2.75, 3.05) is 18.0 Å². The first-order chi connectivity index (χ1) is 11.0. The molecule has 0 spiro atoms. The number of halogens is 3. The van der Waals surface area contributed by atoms with Gasteiger partial charge in [-0.1, -0.05) is 5.21 Å². The number of nitrogens with zero attached hydrogens (tertiary/aromatic N) is 5. The minimum atomic E-state index is -4.44. The zero-order valence-electron chi connectivity index (χ0n) is 12.2. The molecule has 3 heterocycles. The van der Waals surface area contributed by atoms with E-state index in [0.29, 0.717) is 18.8 Å². The van der Waals surface area contributed by atoms with Gasteiger partial charge in [0.2, 0.25) is 0 Å². The van der Waals surface area contributed by atoms with E-state index in [4.69, 9.17) is 5.11 Å². The summed E-state index contributed by atoms with van der Waals surface area (Å²) in [5.41, 5.74) is -0.286. The summed E-state index contributed by atoms with van der Waals surface area (Å²) in [6.45, 7) is 0.668. The Morgan fingerprint density at radius 3 is 2.87 bits per heavy atom. The van der Waals surface area contributed by atoms with Crippen LogP contribution in [0.5, 0.6) is 0 Å². The summed E-state index contributed by atoms with van der Waals surface area (Å²) in [6.07, 6.45) is 0.0738. The number of anilines is 1. The minimum absolute atomic E-state index is 0.0489. The standard InChI is InChI=1S/C14H16F3N5O/c15-14(16,17)12-4-1-5-18-13(12)21-6-2-3-11(8-21)22-7-10(9-23)19-20-22/h1,4-5,7,11,23H,2-3,6,8-9H2. The second-order valence-electron chi connectivity index (χ2n) is 5.46. The highest BCUT2D eigenvalue weighted by Gasteiger charge is 2.36. The van der Waals surface area contributed by atoms with Gasteiger partial charge in [0, 0.05) is 19.3 Å². The first kappa shape index (κ1) is 15.7. The van der Waals surface area contributed by atoms with Gasteiger partial charge < -0.3 is 10.0 Å². The summed E-state index contributed by atoms with van der Waals surface area (Å²) in [7, 11) is 0. The van der Waals surface area contributed by atoms with Crippen LogP contribution >= 0.6 is 0 Å². The number of piperidine rings is 1. The molecule has 0 bridgehead atoms. The third-order valence-electron chi connectivity index (χ3n) is 3.88. The number of hydrogen-bond donors (Lipinski definition) is 1. The predicted octanol–water partition coefficient (Wildman–Crippen LogP) is 2.03. The molecule has 1 saturated heterocycles. The Morgan fingerprint density at radius 1 is 1.35 bits per heavy atom. The molecule has 1 atom stereocenters. The molecule has 1 N–H and O–H groups in total. The van der Waals surface area contributed by atoms with E-state index in [1.165, 1.54) is 12.3 Å². The molecule has 1 aliphatic rings. The van der Waals surface area contributed by atoms with Gasteiger partial charge in [0.05, 0.1) is 24.4 Å². The Hall–Kier alpha value is -2.16. The minimum Gasteiger partial charge on any atom is -0.390 e. The van der Waals surface area contributed by atoms with Crippen LogP contribution in [-0.2, 0) is 12.8 Å². The molecule has 0 saturated carbocycles. The Bertz CT molecular complexity index is 672. The molecule has 0 aromatic carbocycles. The quantitative estimate of drug-likeness (QED) is 0.934. The highest BCUT2D eigenvalue weighted by Crippen LogP contribution is 2.36. The molecule has 9 heteroatoms. The molecule has 2 aromatic rings. The molecule has 0 aliphatic carbocycles. The van der Waals surface area contributed by atoms with Crippen LogP contribution in [0, 0.1) is 0 Å². The Labute approximate surface area is 130 Å². The monoisotopic (exact) mass is 327 g/mol. The molecule has 0 amide bonds. The lowest BCUT2D eigenvalue weighted by molar-refractivity contribution is -0.137. The van der Waals surface area contributed by atoms with Crippen molar-refractivity contribution in [3.05, 3.63) is 35.8 Å². The molecule has 1 aliphatic heterocycles. The first-order valence-corrected chi connectivity index (χ1v) is 7.28. The predicted molar refractivity (Wildman–Crippen MR) is 75.7 cm³/mol. The fraction of sp³-hybridized carbons (Fsp3) is 0.500. The summed E-state index contributed by atoms with van der Waals surface area (Å²) in [6, 6.07) is 2.24. The molecule has 124 valence electrons. The van der Waals surface area contributed by atoms with Crippen LogP contribution in [-0.4, -0.2) is 38.2 Å². The smallest absolute Gasteiger partial charge is 0.390 e. The maximum absolute atomic E-state index is 13.2. The van der Waals surface area contributed by atoms with Crippen LogP contribution in [0.15, 0.2) is 24.5 Å². The summed E-state index contributed by atoms with van der Waals surface area (Å²) in [4.78, 5) is 5.58. The van der Waals surface area contributed by atoms with Crippen LogP contribution in [0.1, 0.15) is 30.1 Å². The van der Waals surface area contributed by atoms with Crippen LogP contribution in [0.4, 0.5) is 19.0 Å². The zero-order chi connectivity index (χ0) is 16.4. The maximum Gasteiger partial charge on any atom is 0.419 e. The Balaban J connectivity index is 1.84. The average Bonchev–Trinajstić information content (AvgIpc) is 3.03. The number of rotatable bonds is 3. The van der Waals surface area contributed by atoms with Crippen LogP contribution in [0.25, 0.3) is 0 Å². The summed E-state index contributed by atoms with van der Waals surface area (Å²) < 4.78 is 41.1. The van der Waals surface area contributed by atoms with Crippen molar-refractivity contribution in [1.29, 1.82) is 0 Å². The number of aromatic nitrogens is 4. The molecule has 2 aromatic heterocycles. The van der Waals surface area contributed by atoms with E-state index >= 15 is 0 Å². The van der Waals surface area contributed by atoms with Gasteiger partial charge in [-0.05, 0) is 25.0 Å². The second-order valence-corrected chi connectivity index (χ2v) is 5.46. The number of pyridine rings is 1. The van der Waals surface area contributed by atoms with Gasteiger partial charge in [0.25, 0.3) is 0 Å². The highest BCUT2D eigenvalue weighted by atomic mass is 19.4. The van der Waals surface area contributed by atoms with Gasteiger partial charge in [-0.15, -0.1) is 5.10 Å². The van der Waals surface area contributed by atoms with Crippen molar-refractivity contribution in [2.45, 2.75) is 31.7 Å². The topological polar surface area (TPSA) is 67.1 Å². The van der Waals surface area contributed by atoms with E-state index in [2.05, 4.69) is 15.3 Å². The van der Waals surface area contributed by atoms with Crippen molar-refractivity contribution >= 4 is 5.82 Å². The van der Waals surface area contributed by atoms with Crippen molar-refractivity contribution in [2.24, 2.45) is 0 Å². The van der Waals surface area contributed by atoms with E-state index in [9.17, 15) is 13.2 Å². The van der Waals surface area contributed by atoms with Gasteiger partial charge in [-0.3, -0.25) is 0 Å². The average molecular weight is 327 g/mol. The lowest BCUT2D eigenvalue weighted by Crippen LogP contribution is -2.38. The Morgan fingerprint density at radius 2 is 2.17 bits per heavy atom. The lowest BCUT2D eigenvalue weighted by atomic mass is 10.0.